The van der Waals surface area contributed by atoms with Crippen LogP contribution in [0.4, 0.5) is 10.9 Å². The van der Waals surface area contributed by atoms with Crippen LogP contribution < -0.4 is 20.3 Å². The summed E-state index contributed by atoms with van der Waals surface area (Å²) in [6.07, 6.45) is 10.7. The van der Waals surface area contributed by atoms with Gasteiger partial charge in [-0.2, -0.15) is 5.10 Å². The number of thiazole rings is 1. The van der Waals surface area contributed by atoms with E-state index in [-0.39, 0.29) is 29.5 Å². The summed E-state index contributed by atoms with van der Waals surface area (Å²) >= 11 is 1.44. The predicted octanol–water partition coefficient (Wildman–Crippen LogP) is 10.8. The number of fused-ring (bicyclic) bond motifs is 3. The summed E-state index contributed by atoms with van der Waals surface area (Å²) in [6, 6.07) is 29.9. The van der Waals surface area contributed by atoms with Gasteiger partial charge in [0.2, 0.25) is 11.8 Å². The number of hydrogen-bond acceptors (Lipinski definition) is 11. The third-order valence-electron chi connectivity index (χ3n) is 16.3. The molecule has 6 heterocycles. The van der Waals surface area contributed by atoms with Crippen molar-refractivity contribution in [3.8, 4) is 16.9 Å². The molecule has 3 aromatic heterocycles. The quantitative estimate of drug-likeness (QED) is 0.0699. The van der Waals surface area contributed by atoms with Crippen LogP contribution >= 0.6 is 11.3 Å². The van der Waals surface area contributed by atoms with Gasteiger partial charge >= 0.3 is 5.97 Å². The third kappa shape index (κ3) is 10.2. The number of aromatic carboxylic acids is 1. The Kier molecular flexibility index (Phi) is 14.0. The summed E-state index contributed by atoms with van der Waals surface area (Å²) in [5.41, 5.74) is 8.76. The fraction of sp³-hybridized carbons (Fsp3) is 0.407. The molecule has 3 amide bonds. The number of aromatic nitrogens is 4. The van der Waals surface area contributed by atoms with E-state index in [0.717, 1.165) is 107 Å². The number of carbonyl (C=O) groups is 4. The van der Waals surface area contributed by atoms with E-state index in [9.17, 15) is 24.3 Å². The number of anilines is 2. The minimum atomic E-state index is -1.10. The monoisotopic (exact) mass is 1010 g/mol. The van der Waals surface area contributed by atoms with Crippen molar-refractivity contribution < 1.29 is 29.0 Å². The van der Waals surface area contributed by atoms with Crippen LogP contribution in [0.5, 0.6) is 5.75 Å². The molecule has 15 heteroatoms. The number of imide groups is 1. The first-order chi connectivity index (χ1) is 35.9. The number of nitrogens with zero attached hydrogens (tertiary/aromatic N) is 6. The molecule has 2 saturated heterocycles. The summed E-state index contributed by atoms with van der Waals surface area (Å²) in [4.78, 5) is 65.1. The first-order valence-corrected chi connectivity index (χ1v) is 27.3. The average Bonchev–Trinajstić information content (AvgIpc) is 3.97. The summed E-state index contributed by atoms with van der Waals surface area (Å²) in [6.45, 7) is 8.74. The van der Waals surface area contributed by atoms with Crippen LogP contribution in [-0.2, 0) is 29.6 Å². The van der Waals surface area contributed by atoms with Crippen LogP contribution in [0.3, 0.4) is 0 Å². The van der Waals surface area contributed by atoms with Gasteiger partial charge in [0.05, 0.1) is 33.4 Å². The van der Waals surface area contributed by atoms with Crippen molar-refractivity contribution in [2.24, 2.45) is 18.9 Å². The normalized spacial score (nSPS) is 21.4. The van der Waals surface area contributed by atoms with Crippen LogP contribution in [0.15, 0.2) is 91.0 Å². The highest BCUT2D eigenvalue weighted by Gasteiger charge is 2.34. The molecule has 7 aromatic rings. The number of para-hydroxylation sites is 1. The minimum absolute atomic E-state index is 0.0153. The standard InChI is InChI=1S/C59H64N8O6S/c1-35-33-66(30-28-41(35)39-19-22-45-49(32-39)65(3)64-54(45)46-24-26-53(68)62-57(46)70)29-7-6-10-37-17-20-40(21-18-37)73-50-15-9-12-42(36(50)2)43-23-25-52(61-55(43)58(71)72)67-31-27-38-11-8-13-44(47(38)34-67)56(69)63-59-60-48-14-4-5-16-51(48)74-59/h4-5,8-9,11-16,19,22-23,25,32,35,37,40-41,46H,6-7,10,17-18,20-21,24,26-31,33-34H2,1-3H3,(H,71,72)(H,60,63,69)(H,62,68,70)/t35-,37?,40?,41+,46?/m1/s1. The number of benzene rings is 4. The van der Waals surface area contributed by atoms with Crippen molar-refractivity contribution in [2.75, 3.05) is 36.4 Å². The zero-order chi connectivity index (χ0) is 51.0. The van der Waals surface area contributed by atoms with E-state index >= 15 is 0 Å². The molecule has 3 atom stereocenters. The molecule has 11 rings (SSSR count). The van der Waals surface area contributed by atoms with Crippen molar-refractivity contribution in [3.05, 3.63) is 130 Å². The van der Waals surface area contributed by atoms with Crippen LogP contribution in [0, 0.1) is 18.8 Å². The number of carbonyl (C=O) groups excluding carboxylic acids is 3. The third-order valence-corrected chi connectivity index (χ3v) is 17.3. The van der Waals surface area contributed by atoms with E-state index in [1.807, 2.05) is 85.4 Å². The van der Waals surface area contributed by atoms with Gasteiger partial charge in [-0.05, 0) is 159 Å². The zero-order valence-corrected chi connectivity index (χ0v) is 43.3. The van der Waals surface area contributed by atoms with Gasteiger partial charge in [-0.3, -0.25) is 29.7 Å². The number of carboxylic acids is 1. The Hall–Kier alpha value is -6.97. The van der Waals surface area contributed by atoms with Crippen LogP contribution in [0.1, 0.15) is 132 Å². The number of ether oxygens (including phenoxy) is 1. The molecule has 1 unspecified atom stereocenters. The molecule has 74 heavy (non-hydrogen) atoms. The number of piperidine rings is 2. The Balaban J connectivity index is 0.654. The molecule has 4 aromatic carbocycles. The average molecular weight is 1010 g/mol. The lowest BCUT2D eigenvalue weighted by Gasteiger charge is -2.37. The fourth-order valence-electron chi connectivity index (χ4n) is 12.3. The fourth-order valence-corrected chi connectivity index (χ4v) is 13.1. The van der Waals surface area contributed by atoms with Crippen molar-refractivity contribution in [3.63, 3.8) is 0 Å². The predicted molar refractivity (Wildman–Crippen MR) is 289 cm³/mol. The van der Waals surface area contributed by atoms with Crippen molar-refractivity contribution >= 4 is 67.1 Å². The molecule has 1 saturated carbocycles. The van der Waals surface area contributed by atoms with Gasteiger partial charge in [0.1, 0.15) is 11.6 Å². The summed E-state index contributed by atoms with van der Waals surface area (Å²) in [7, 11) is 1.94. The second kappa shape index (κ2) is 21.1. The van der Waals surface area contributed by atoms with E-state index < -0.39 is 11.9 Å². The Morgan fingerprint density at radius 2 is 1.72 bits per heavy atom. The molecule has 1 aliphatic carbocycles. The lowest BCUT2D eigenvalue weighted by molar-refractivity contribution is -0.134. The highest BCUT2D eigenvalue weighted by molar-refractivity contribution is 7.22. The molecule has 3 aliphatic heterocycles. The maximum absolute atomic E-state index is 13.7. The van der Waals surface area contributed by atoms with Gasteiger partial charge in [-0.25, -0.2) is 14.8 Å². The second-order valence-electron chi connectivity index (χ2n) is 21.1. The lowest BCUT2D eigenvalue weighted by atomic mass is 9.81. The van der Waals surface area contributed by atoms with Crippen LogP contribution in [0.2, 0.25) is 0 Å². The number of amides is 3. The zero-order valence-electron chi connectivity index (χ0n) is 42.4. The molecule has 0 spiro atoms. The van der Waals surface area contributed by atoms with Gasteiger partial charge in [0, 0.05) is 49.6 Å². The van der Waals surface area contributed by atoms with Gasteiger partial charge in [0.25, 0.3) is 5.91 Å². The van der Waals surface area contributed by atoms with Crippen LogP contribution in [-0.4, -0.2) is 85.7 Å². The molecule has 382 valence electrons. The Bertz CT molecular complexity index is 3250. The first-order valence-electron chi connectivity index (χ1n) is 26.5. The van der Waals surface area contributed by atoms with E-state index in [1.54, 1.807) is 0 Å². The number of likely N-dealkylation sites (tertiary alicyclic amines) is 1. The van der Waals surface area contributed by atoms with Crippen molar-refractivity contribution in [1.29, 1.82) is 0 Å². The number of rotatable bonds is 14. The molecular formula is C59H64N8O6S. The Morgan fingerprint density at radius 1 is 0.878 bits per heavy atom. The van der Waals surface area contributed by atoms with E-state index in [0.29, 0.717) is 72.2 Å². The highest BCUT2D eigenvalue weighted by Crippen LogP contribution is 2.40. The number of aryl methyl sites for hydroxylation is 1. The molecule has 3 fully saturated rings. The second-order valence-corrected chi connectivity index (χ2v) is 22.1. The number of unbranched alkanes of at least 4 members (excludes halogenated alkanes) is 1. The smallest absolute Gasteiger partial charge is 0.355 e. The molecule has 14 nitrogen and oxygen atoms in total. The summed E-state index contributed by atoms with van der Waals surface area (Å²) in [5, 5.41) is 22.3. The Morgan fingerprint density at radius 3 is 2.53 bits per heavy atom. The summed E-state index contributed by atoms with van der Waals surface area (Å²) < 4.78 is 9.59. The molecule has 0 radical (unpaired) electrons. The van der Waals surface area contributed by atoms with Crippen LogP contribution in [0.25, 0.3) is 32.2 Å². The maximum atomic E-state index is 13.7. The van der Waals surface area contributed by atoms with Crippen molar-refractivity contribution in [1.82, 2.24) is 30.0 Å². The minimum Gasteiger partial charge on any atom is -0.490 e. The topological polar surface area (TPSA) is 172 Å². The molecule has 0 bridgehead atoms. The van der Waals surface area contributed by atoms with Gasteiger partial charge < -0.3 is 19.6 Å². The first kappa shape index (κ1) is 49.3. The number of hydrogen-bond donors (Lipinski definition) is 3. The number of carboxylic acid groups (broad SMARTS) is 1. The van der Waals surface area contributed by atoms with Gasteiger partial charge in [-0.1, -0.05) is 79.6 Å². The highest BCUT2D eigenvalue weighted by atomic mass is 32.1. The van der Waals surface area contributed by atoms with Crippen molar-refractivity contribution in [2.45, 2.75) is 109 Å². The molecule has 3 N–H and O–H groups in total. The summed E-state index contributed by atoms with van der Waals surface area (Å²) in [5.74, 6) is 0.859. The van der Waals surface area contributed by atoms with E-state index in [1.165, 1.54) is 36.2 Å². The largest absolute Gasteiger partial charge is 0.490 e. The molecular weight excluding hydrogens is 949 g/mol. The maximum Gasteiger partial charge on any atom is 0.355 e. The lowest BCUT2D eigenvalue weighted by Crippen LogP contribution is -2.39. The SMILES string of the molecule is Cc1c(OC2CCC(CCCCN3CC[C@H](c4ccc5c(C6CCC(=O)NC6=O)nn(C)c5c4)[C@H](C)C3)CC2)cccc1-c1ccc(N2CCc3cccc(C(=O)Nc4nc5ccccc5s4)c3C2)nc1C(=O)O. The van der Waals surface area contributed by atoms with E-state index in [4.69, 9.17) is 14.8 Å². The number of nitrogens with one attached hydrogen (secondary N) is 2. The van der Waals surface area contributed by atoms with Gasteiger partial charge in [-0.15, -0.1) is 0 Å². The molecule has 4 aliphatic rings. The van der Waals surface area contributed by atoms with E-state index in [2.05, 4.69) is 56.6 Å². The number of pyridine rings is 1. The van der Waals surface area contributed by atoms with Gasteiger partial charge in [0.15, 0.2) is 10.8 Å². The Labute approximate surface area is 435 Å².